The van der Waals surface area contributed by atoms with Crippen molar-refractivity contribution in [2.24, 2.45) is 5.92 Å². The van der Waals surface area contributed by atoms with E-state index < -0.39 is 0 Å². The van der Waals surface area contributed by atoms with Crippen molar-refractivity contribution in [1.29, 1.82) is 0 Å². The van der Waals surface area contributed by atoms with Gasteiger partial charge in [0.1, 0.15) is 0 Å². The molecule has 0 aromatic heterocycles. The molecule has 2 N–H and O–H groups in total. The number of carbonyl (C=O) groups is 1. The Bertz CT molecular complexity index is 549. The number of nitrogens with zero attached hydrogens (tertiary/aromatic N) is 2. The van der Waals surface area contributed by atoms with Gasteiger partial charge in [-0.1, -0.05) is 30.3 Å². The van der Waals surface area contributed by atoms with E-state index >= 15 is 0 Å². The van der Waals surface area contributed by atoms with Crippen molar-refractivity contribution in [1.82, 2.24) is 15.1 Å². The van der Waals surface area contributed by atoms with Crippen LogP contribution < -0.4 is 5.32 Å². The summed E-state index contributed by atoms with van der Waals surface area (Å²) in [7, 11) is 0. The second-order valence-electron chi connectivity index (χ2n) is 7.49. The van der Waals surface area contributed by atoms with Crippen LogP contribution in [0.2, 0.25) is 0 Å². The smallest absolute Gasteiger partial charge is 0.317 e. The van der Waals surface area contributed by atoms with Crippen molar-refractivity contribution in [3.8, 4) is 0 Å². The van der Waals surface area contributed by atoms with E-state index in [2.05, 4.69) is 40.5 Å². The van der Waals surface area contributed by atoms with Crippen molar-refractivity contribution in [2.45, 2.75) is 44.8 Å². The Kier molecular flexibility index (Phi) is 6.32. The fourth-order valence-corrected chi connectivity index (χ4v) is 4.02. The van der Waals surface area contributed by atoms with Gasteiger partial charge in [-0.25, -0.2) is 4.79 Å². The molecule has 3 atom stereocenters. The first-order valence-electron chi connectivity index (χ1n) is 9.62. The van der Waals surface area contributed by atoms with Crippen LogP contribution in [0.3, 0.4) is 0 Å². The molecule has 1 aromatic carbocycles. The van der Waals surface area contributed by atoms with E-state index in [4.69, 9.17) is 0 Å². The minimum absolute atomic E-state index is 0.0260. The number of amides is 2. The van der Waals surface area contributed by atoms with Gasteiger partial charge in [0.2, 0.25) is 0 Å². The molecule has 1 aromatic rings. The van der Waals surface area contributed by atoms with Gasteiger partial charge < -0.3 is 15.3 Å². The molecule has 5 nitrogen and oxygen atoms in total. The maximum absolute atomic E-state index is 12.4. The predicted octanol–water partition coefficient (Wildman–Crippen LogP) is 2.11. The Labute approximate surface area is 151 Å². The maximum Gasteiger partial charge on any atom is 0.317 e. The van der Waals surface area contributed by atoms with Crippen molar-refractivity contribution in [3.05, 3.63) is 35.9 Å². The van der Waals surface area contributed by atoms with Crippen LogP contribution in [0.5, 0.6) is 0 Å². The Morgan fingerprint density at radius 3 is 2.80 bits per heavy atom. The third-order valence-electron chi connectivity index (χ3n) is 5.71. The van der Waals surface area contributed by atoms with Crippen LogP contribution in [0, 0.1) is 5.92 Å². The molecule has 0 bridgehead atoms. The highest BCUT2D eigenvalue weighted by atomic mass is 16.3. The number of hydrogen-bond donors (Lipinski definition) is 2. The van der Waals surface area contributed by atoms with Gasteiger partial charge in [-0.15, -0.1) is 0 Å². The van der Waals surface area contributed by atoms with E-state index in [9.17, 15) is 9.90 Å². The van der Waals surface area contributed by atoms with Crippen molar-refractivity contribution < 1.29 is 9.90 Å². The summed E-state index contributed by atoms with van der Waals surface area (Å²) < 4.78 is 0. The summed E-state index contributed by atoms with van der Waals surface area (Å²) >= 11 is 0. The maximum atomic E-state index is 12.4. The van der Waals surface area contributed by atoms with Crippen LogP contribution in [-0.4, -0.2) is 65.8 Å². The number of carbonyl (C=O) groups excluding carboxylic acids is 1. The van der Waals surface area contributed by atoms with Crippen LogP contribution in [-0.2, 0) is 6.42 Å². The van der Waals surface area contributed by atoms with Gasteiger partial charge in [-0.05, 0) is 44.7 Å². The average molecular weight is 345 g/mol. The number of benzene rings is 1. The lowest BCUT2D eigenvalue weighted by atomic mass is 10.0. The lowest BCUT2D eigenvalue weighted by Gasteiger charge is -2.26. The summed E-state index contributed by atoms with van der Waals surface area (Å²) in [4.78, 5) is 16.7. The van der Waals surface area contributed by atoms with Gasteiger partial charge >= 0.3 is 6.03 Å². The quantitative estimate of drug-likeness (QED) is 0.830. The van der Waals surface area contributed by atoms with Crippen molar-refractivity contribution in [3.63, 3.8) is 0 Å². The minimum atomic E-state index is -0.332. The fourth-order valence-electron chi connectivity index (χ4n) is 4.02. The van der Waals surface area contributed by atoms with Crippen molar-refractivity contribution >= 4 is 6.03 Å². The average Bonchev–Trinajstić information content (AvgIpc) is 3.28. The molecule has 2 fully saturated rings. The van der Waals surface area contributed by atoms with E-state index in [1.54, 1.807) is 0 Å². The predicted molar refractivity (Wildman–Crippen MR) is 99.5 cm³/mol. The molecule has 2 amide bonds. The largest absolute Gasteiger partial charge is 0.393 e. The first kappa shape index (κ1) is 18.2. The Morgan fingerprint density at radius 1 is 1.28 bits per heavy atom. The number of hydrogen-bond acceptors (Lipinski definition) is 3. The fraction of sp³-hybridized carbons (Fsp3) is 0.650. The third-order valence-corrected chi connectivity index (χ3v) is 5.71. The van der Waals surface area contributed by atoms with E-state index in [0.717, 1.165) is 45.4 Å². The summed E-state index contributed by atoms with van der Waals surface area (Å²) in [6, 6.07) is 11.1. The lowest BCUT2D eigenvalue weighted by molar-refractivity contribution is 0.129. The topological polar surface area (TPSA) is 55.8 Å². The Morgan fingerprint density at radius 2 is 2.08 bits per heavy atom. The number of aliphatic hydroxyl groups excluding tert-OH is 1. The summed E-state index contributed by atoms with van der Waals surface area (Å²) in [5.74, 6) is 0.222. The van der Waals surface area contributed by atoms with Gasteiger partial charge in [0.15, 0.2) is 0 Å². The normalized spacial score (nSPS) is 25.3. The van der Waals surface area contributed by atoms with Gasteiger partial charge in [0.25, 0.3) is 0 Å². The number of urea groups is 1. The standard InChI is InChI=1S/C20H31N3O2/c1-16(24)18-10-13-23(15-18)20(25)21-14-19-8-5-11-22(19)12-9-17-6-3-2-4-7-17/h2-4,6-7,16,18-19,24H,5,8-15H2,1H3,(H,21,25). The summed E-state index contributed by atoms with van der Waals surface area (Å²) in [6.45, 7) is 6.15. The van der Waals surface area contributed by atoms with E-state index in [-0.39, 0.29) is 18.1 Å². The molecule has 2 aliphatic rings. The highest BCUT2D eigenvalue weighted by molar-refractivity contribution is 5.74. The molecule has 0 saturated carbocycles. The number of rotatable bonds is 6. The molecule has 2 saturated heterocycles. The van der Waals surface area contributed by atoms with Crippen LogP contribution in [0.15, 0.2) is 30.3 Å². The monoisotopic (exact) mass is 345 g/mol. The molecule has 3 rings (SSSR count). The van der Waals surface area contributed by atoms with Crippen LogP contribution >= 0.6 is 0 Å². The number of likely N-dealkylation sites (tertiary alicyclic amines) is 2. The van der Waals surface area contributed by atoms with Gasteiger partial charge in [0, 0.05) is 38.1 Å². The van der Waals surface area contributed by atoms with Gasteiger partial charge in [-0.2, -0.15) is 0 Å². The molecule has 3 unspecified atom stereocenters. The summed E-state index contributed by atoms with van der Waals surface area (Å²) in [6.07, 6.45) is 4.00. The molecule has 25 heavy (non-hydrogen) atoms. The lowest BCUT2D eigenvalue weighted by Crippen LogP contribution is -2.45. The van der Waals surface area contributed by atoms with Crippen LogP contribution in [0.25, 0.3) is 0 Å². The Balaban J connectivity index is 1.42. The molecule has 138 valence electrons. The van der Waals surface area contributed by atoms with Crippen LogP contribution in [0.1, 0.15) is 31.7 Å². The van der Waals surface area contributed by atoms with Gasteiger partial charge in [-0.3, -0.25) is 4.90 Å². The zero-order chi connectivity index (χ0) is 17.6. The molecule has 0 aliphatic carbocycles. The SMILES string of the molecule is CC(O)C1CCN(C(=O)NCC2CCCN2CCc2ccccc2)C1. The minimum Gasteiger partial charge on any atom is -0.393 e. The van der Waals surface area contributed by atoms with Crippen LogP contribution in [0.4, 0.5) is 4.79 Å². The molecule has 0 spiro atoms. The summed E-state index contributed by atoms with van der Waals surface area (Å²) in [5, 5.41) is 12.8. The zero-order valence-corrected chi connectivity index (χ0v) is 15.2. The third kappa shape index (κ3) is 4.95. The first-order valence-corrected chi connectivity index (χ1v) is 9.62. The zero-order valence-electron chi connectivity index (χ0n) is 15.2. The second-order valence-corrected chi connectivity index (χ2v) is 7.49. The molecule has 2 aliphatic heterocycles. The highest BCUT2D eigenvalue weighted by Gasteiger charge is 2.30. The highest BCUT2D eigenvalue weighted by Crippen LogP contribution is 2.20. The Hall–Kier alpha value is -1.59. The second kappa shape index (κ2) is 8.68. The first-order chi connectivity index (χ1) is 12.1. The van der Waals surface area contributed by atoms with E-state index in [0.29, 0.717) is 12.6 Å². The molecule has 5 heteroatoms. The molecular formula is C20H31N3O2. The molecule has 0 radical (unpaired) electrons. The molecular weight excluding hydrogens is 314 g/mol. The number of aliphatic hydroxyl groups is 1. The number of nitrogens with one attached hydrogen (secondary N) is 1. The van der Waals surface area contributed by atoms with E-state index in [1.165, 1.54) is 12.0 Å². The molecule has 2 heterocycles. The summed E-state index contributed by atoms with van der Waals surface area (Å²) in [5.41, 5.74) is 1.37. The van der Waals surface area contributed by atoms with Crippen molar-refractivity contribution in [2.75, 3.05) is 32.7 Å². The van der Waals surface area contributed by atoms with Gasteiger partial charge in [0.05, 0.1) is 6.10 Å². The van der Waals surface area contributed by atoms with E-state index in [1.807, 2.05) is 11.8 Å².